The van der Waals surface area contributed by atoms with Crippen LogP contribution < -0.4 is 15.8 Å². The maximum Gasteiger partial charge on any atom is 0.319 e. The van der Waals surface area contributed by atoms with Crippen molar-refractivity contribution in [3.05, 3.63) is 51.3 Å². The number of hydrogen-bond donors (Lipinski definition) is 3. The van der Waals surface area contributed by atoms with Crippen LogP contribution in [0.2, 0.25) is 5.02 Å². The molecular weight excluding hydrogens is 674 g/mol. The summed E-state index contributed by atoms with van der Waals surface area (Å²) in [6.07, 6.45) is -1.78. The summed E-state index contributed by atoms with van der Waals surface area (Å²) >= 11 is 8.21. The Balaban J connectivity index is 1.29. The zero-order valence-corrected chi connectivity index (χ0v) is 26.6. The van der Waals surface area contributed by atoms with Gasteiger partial charge in [-0.3, -0.25) is 10.00 Å². The number of rotatable bonds is 8. The summed E-state index contributed by atoms with van der Waals surface area (Å²) in [7, 11) is 0. The lowest BCUT2D eigenvalue weighted by molar-refractivity contribution is 0.107. The molecule has 248 valence electrons. The number of nitrogens with two attached hydrogens (primary N) is 1. The molecule has 11 nitrogen and oxygen atoms in total. The van der Waals surface area contributed by atoms with Gasteiger partial charge in [0, 0.05) is 23.9 Å². The predicted molar refractivity (Wildman–Crippen MR) is 170 cm³/mol. The zero-order chi connectivity index (χ0) is 33.3. The van der Waals surface area contributed by atoms with Gasteiger partial charge in [-0.2, -0.15) is 20.3 Å². The van der Waals surface area contributed by atoms with Crippen molar-refractivity contribution in [1.29, 1.82) is 5.26 Å². The molecule has 0 bridgehead atoms. The number of aromatic amines is 1. The van der Waals surface area contributed by atoms with Gasteiger partial charge in [0.2, 0.25) is 5.82 Å². The molecule has 2 atom stereocenters. The van der Waals surface area contributed by atoms with Crippen molar-refractivity contribution < 1.29 is 27.0 Å². The molecule has 4 N–H and O–H groups in total. The standard InChI is InChI=1S/C31H26ClF4N9O2S/c32-23-20(14-2-3-18(34)25-21(14)15(7-37)27(38)48-25)16-10-46-11-17(16)22-24(23)41-30(47-12-31-4-1-5-45(31)9-13(33)6-31)42-28(22)39-8-19-40-29(26(35)36)44-43-19/h2-3,13,26H,1,4-6,8-12,38H2,(H,39,41,42)(H,40,43,44). The normalized spacial score (nSPS) is 20.6. The Bertz CT molecular complexity index is 2150. The van der Waals surface area contributed by atoms with E-state index in [0.717, 1.165) is 30.7 Å². The molecule has 5 aromatic rings. The molecule has 2 unspecified atom stereocenters. The number of thiophene rings is 1. The van der Waals surface area contributed by atoms with Gasteiger partial charge in [0.1, 0.15) is 41.3 Å². The van der Waals surface area contributed by atoms with Crippen molar-refractivity contribution >= 4 is 54.7 Å². The van der Waals surface area contributed by atoms with E-state index in [1.165, 1.54) is 6.07 Å². The topological polar surface area (TPSA) is 151 Å². The molecule has 2 fully saturated rings. The van der Waals surface area contributed by atoms with Gasteiger partial charge in [-0.05, 0) is 42.1 Å². The van der Waals surface area contributed by atoms with Crippen molar-refractivity contribution in [2.75, 3.05) is 30.7 Å². The van der Waals surface area contributed by atoms with E-state index in [0.29, 0.717) is 46.0 Å². The first-order chi connectivity index (χ1) is 23.2. The third-order valence-corrected chi connectivity index (χ3v) is 10.8. The largest absolute Gasteiger partial charge is 0.461 e. The second-order valence-electron chi connectivity index (χ2n) is 12.1. The molecule has 2 aromatic carbocycles. The van der Waals surface area contributed by atoms with Crippen LogP contribution in [0, 0.1) is 17.1 Å². The fourth-order valence-corrected chi connectivity index (χ4v) is 8.60. The van der Waals surface area contributed by atoms with E-state index in [4.69, 9.17) is 31.8 Å². The van der Waals surface area contributed by atoms with Gasteiger partial charge in [-0.25, -0.2) is 22.5 Å². The highest BCUT2D eigenvalue weighted by Gasteiger charge is 2.49. The van der Waals surface area contributed by atoms with Crippen LogP contribution >= 0.6 is 22.9 Å². The third kappa shape index (κ3) is 4.90. The highest BCUT2D eigenvalue weighted by atomic mass is 35.5. The highest BCUT2D eigenvalue weighted by Crippen LogP contribution is 2.49. The maximum absolute atomic E-state index is 15.0. The Morgan fingerprint density at radius 2 is 2.08 bits per heavy atom. The molecule has 48 heavy (non-hydrogen) atoms. The van der Waals surface area contributed by atoms with Crippen LogP contribution in [-0.2, 0) is 24.5 Å². The van der Waals surface area contributed by atoms with Crippen molar-refractivity contribution in [1.82, 2.24) is 30.0 Å². The Morgan fingerprint density at radius 3 is 2.88 bits per heavy atom. The molecule has 0 saturated carbocycles. The van der Waals surface area contributed by atoms with E-state index in [1.54, 1.807) is 6.07 Å². The molecule has 6 heterocycles. The number of nitrogen functional groups attached to an aromatic ring is 1. The number of fused-ring (bicyclic) bond motifs is 5. The molecular formula is C31H26ClF4N9O2S. The van der Waals surface area contributed by atoms with E-state index in [2.05, 4.69) is 36.5 Å². The lowest BCUT2D eigenvalue weighted by atomic mass is 9.91. The van der Waals surface area contributed by atoms with E-state index < -0.39 is 29.8 Å². The van der Waals surface area contributed by atoms with Crippen LogP contribution in [0.4, 0.5) is 28.4 Å². The highest BCUT2D eigenvalue weighted by molar-refractivity contribution is 7.23. The molecule has 8 rings (SSSR count). The summed E-state index contributed by atoms with van der Waals surface area (Å²) in [4.78, 5) is 15.4. The SMILES string of the molecule is N#Cc1c(N)sc2c(F)ccc(-c3c4c(c5c(NCc6nc(C(F)F)n[nH]6)nc(OCC67CCCN6CC(F)C7)nc5c3Cl)COC4)c12. The lowest BCUT2D eigenvalue weighted by Gasteiger charge is -2.30. The van der Waals surface area contributed by atoms with Crippen LogP contribution in [0.1, 0.15) is 54.0 Å². The monoisotopic (exact) mass is 699 g/mol. The maximum atomic E-state index is 15.0. The summed E-state index contributed by atoms with van der Waals surface area (Å²) < 4.78 is 68.2. The summed E-state index contributed by atoms with van der Waals surface area (Å²) in [5.41, 5.74) is 8.45. The van der Waals surface area contributed by atoms with Gasteiger partial charge in [0.15, 0.2) is 0 Å². The number of benzene rings is 2. The number of halogens is 5. The van der Waals surface area contributed by atoms with Gasteiger partial charge < -0.3 is 20.5 Å². The van der Waals surface area contributed by atoms with Gasteiger partial charge in [-0.1, -0.05) is 17.7 Å². The van der Waals surface area contributed by atoms with E-state index in [-0.39, 0.29) is 69.8 Å². The number of ether oxygens (including phenoxy) is 2. The minimum absolute atomic E-state index is 0.0344. The smallest absolute Gasteiger partial charge is 0.319 e. The molecule has 3 aromatic heterocycles. The molecule has 3 aliphatic heterocycles. The van der Waals surface area contributed by atoms with Crippen molar-refractivity contribution in [3.63, 3.8) is 0 Å². The number of nitrogens with one attached hydrogen (secondary N) is 2. The molecule has 0 spiro atoms. The minimum Gasteiger partial charge on any atom is -0.461 e. The van der Waals surface area contributed by atoms with Gasteiger partial charge in [0.25, 0.3) is 6.43 Å². The molecule has 17 heteroatoms. The van der Waals surface area contributed by atoms with Crippen molar-refractivity contribution in [2.24, 2.45) is 0 Å². The second-order valence-corrected chi connectivity index (χ2v) is 13.6. The number of aromatic nitrogens is 5. The predicted octanol–water partition coefficient (Wildman–Crippen LogP) is 6.41. The number of H-pyrrole nitrogens is 1. The first kappa shape index (κ1) is 31.0. The van der Waals surface area contributed by atoms with Gasteiger partial charge >= 0.3 is 6.01 Å². The molecule has 0 aliphatic carbocycles. The average molecular weight is 700 g/mol. The van der Waals surface area contributed by atoms with E-state index in [1.807, 2.05) is 0 Å². The number of alkyl halides is 3. The Hall–Kier alpha value is -4.30. The zero-order valence-electron chi connectivity index (χ0n) is 25.0. The van der Waals surface area contributed by atoms with E-state index >= 15 is 4.39 Å². The van der Waals surface area contributed by atoms with Crippen LogP contribution in [0.25, 0.3) is 32.1 Å². The van der Waals surface area contributed by atoms with Crippen LogP contribution in [-0.4, -0.2) is 61.5 Å². The summed E-state index contributed by atoms with van der Waals surface area (Å²) in [5.74, 6) is -0.739. The van der Waals surface area contributed by atoms with Crippen molar-refractivity contribution in [3.8, 4) is 23.2 Å². The van der Waals surface area contributed by atoms with Gasteiger partial charge in [-0.15, -0.1) is 11.3 Å². The average Bonchev–Trinajstić information content (AvgIpc) is 3.88. The summed E-state index contributed by atoms with van der Waals surface area (Å²) in [6, 6.07) is 4.92. The lowest BCUT2D eigenvalue weighted by Crippen LogP contribution is -2.43. The van der Waals surface area contributed by atoms with Crippen LogP contribution in [0.5, 0.6) is 6.01 Å². The van der Waals surface area contributed by atoms with Crippen LogP contribution in [0.15, 0.2) is 12.1 Å². The van der Waals surface area contributed by atoms with Gasteiger partial charge in [0.05, 0.1) is 51.5 Å². The molecule has 3 aliphatic rings. The fourth-order valence-electron chi connectivity index (χ4n) is 7.30. The van der Waals surface area contributed by atoms with Crippen LogP contribution in [0.3, 0.4) is 0 Å². The Morgan fingerprint density at radius 1 is 1.25 bits per heavy atom. The Labute approximate surface area is 279 Å². The summed E-state index contributed by atoms with van der Waals surface area (Å²) in [5, 5.41) is 20.4. The minimum atomic E-state index is -2.85. The molecule has 0 radical (unpaired) electrons. The number of anilines is 2. The number of nitriles is 1. The summed E-state index contributed by atoms with van der Waals surface area (Å²) in [6.45, 7) is 1.52. The quantitative estimate of drug-likeness (QED) is 0.155. The fraction of sp³-hybridized carbons (Fsp3) is 0.387. The first-order valence-electron chi connectivity index (χ1n) is 15.2. The van der Waals surface area contributed by atoms with Crippen molar-refractivity contribution in [2.45, 2.75) is 57.2 Å². The second kappa shape index (κ2) is 11.7. The first-order valence-corrected chi connectivity index (χ1v) is 16.4. The number of hydrogen-bond acceptors (Lipinski definition) is 11. The Kier molecular flexibility index (Phi) is 7.55. The molecule has 2 saturated heterocycles. The molecule has 0 amide bonds. The third-order valence-electron chi connectivity index (χ3n) is 9.37. The van der Waals surface area contributed by atoms with E-state index in [9.17, 15) is 18.4 Å². The number of nitrogens with zero attached hydrogens (tertiary/aromatic N) is 6.